The Balaban J connectivity index is 2.37. The minimum absolute atomic E-state index is 0.0392. The first kappa shape index (κ1) is 22.1. The highest BCUT2D eigenvalue weighted by atomic mass is 14.7. The average Bonchev–Trinajstić information content (AvgIpc) is 2.59. The zero-order valence-electron chi connectivity index (χ0n) is 19.3. The van der Waals surface area contributed by atoms with Gasteiger partial charge in [-0.05, 0) is 77.5 Å². The van der Waals surface area contributed by atoms with Gasteiger partial charge in [0.25, 0.3) is 0 Å². The molecule has 0 aliphatic carbocycles. The SMILES string of the molecule is C=C(C/C=N\c1c(C)ccc(C)c1C)c1cccc(C)c1C(C)(C)C(C)(C)C. The van der Waals surface area contributed by atoms with Crippen LogP contribution in [0.4, 0.5) is 5.69 Å². The summed E-state index contributed by atoms with van der Waals surface area (Å²) in [5, 5.41) is 0. The highest BCUT2D eigenvalue weighted by Gasteiger charge is 2.37. The second-order valence-electron chi connectivity index (χ2n) is 9.66. The molecule has 28 heavy (non-hydrogen) atoms. The molecule has 0 saturated heterocycles. The van der Waals surface area contributed by atoms with E-state index in [1.807, 2.05) is 6.21 Å². The number of aliphatic imine (C=N–C) groups is 1. The predicted molar refractivity (Wildman–Crippen MR) is 126 cm³/mol. The zero-order chi connectivity index (χ0) is 21.3. The molecular weight excluding hydrogens is 338 g/mol. The maximum atomic E-state index is 4.81. The third-order valence-corrected chi connectivity index (χ3v) is 6.62. The molecule has 0 radical (unpaired) electrons. The maximum absolute atomic E-state index is 4.81. The van der Waals surface area contributed by atoms with Gasteiger partial charge in [-0.3, -0.25) is 4.99 Å². The Morgan fingerprint density at radius 3 is 2.11 bits per heavy atom. The van der Waals surface area contributed by atoms with Crippen LogP contribution in [0.15, 0.2) is 41.9 Å². The van der Waals surface area contributed by atoms with Crippen molar-refractivity contribution < 1.29 is 0 Å². The van der Waals surface area contributed by atoms with E-state index < -0.39 is 0 Å². The van der Waals surface area contributed by atoms with E-state index in [1.165, 1.54) is 33.4 Å². The number of benzene rings is 2. The van der Waals surface area contributed by atoms with Gasteiger partial charge in [0.15, 0.2) is 0 Å². The molecule has 0 amide bonds. The van der Waals surface area contributed by atoms with Crippen LogP contribution in [0.25, 0.3) is 5.57 Å². The summed E-state index contributed by atoms with van der Waals surface area (Å²) >= 11 is 0. The first-order valence-corrected chi connectivity index (χ1v) is 10.3. The maximum Gasteiger partial charge on any atom is 0.0686 e. The molecule has 0 saturated carbocycles. The summed E-state index contributed by atoms with van der Waals surface area (Å²) in [5.74, 6) is 0. The molecule has 0 heterocycles. The third-order valence-electron chi connectivity index (χ3n) is 6.62. The van der Waals surface area contributed by atoms with Gasteiger partial charge >= 0.3 is 0 Å². The molecule has 0 atom stereocenters. The summed E-state index contributed by atoms with van der Waals surface area (Å²) in [4.78, 5) is 4.81. The second-order valence-corrected chi connectivity index (χ2v) is 9.66. The van der Waals surface area contributed by atoms with E-state index in [-0.39, 0.29) is 10.8 Å². The largest absolute Gasteiger partial charge is 0.260 e. The molecule has 2 aromatic rings. The molecule has 0 aliphatic heterocycles. The molecular formula is C27H37N. The van der Waals surface area contributed by atoms with Crippen molar-refractivity contribution in [1.82, 2.24) is 0 Å². The standard InChI is InChI=1S/C27H37N/c1-18-14-15-21(4)25(22(18)5)28-17-16-19(2)23-13-11-12-20(3)24(23)27(9,10)26(6,7)8/h11-15,17H,2,16H2,1,3-10H3/b28-17-. The first-order chi connectivity index (χ1) is 12.9. The van der Waals surface area contributed by atoms with E-state index in [1.54, 1.807) is 0 Å². The van der Waals surface area contributed by atoms with Crippen molar-refractivity contribution in [3.05, 3.63) is 70.3 Å². The van der Waals surface area contributed by atoms with Gasteiger partial charge < -0.3 is 0 Å². The number of hydrogen-bond donors (Lipinski definition) is 0. The minimum atomic E-state index is 0.0392. The fourth-order valence-corrected chi connectivity index (χ4v) is 3.66. The molecule has 2 rings (SSSR count). The van der Waals surface area contributed by atoms with Crippen molar-refractivity contribution in [1.29, 1.82) is 0 Å². The molecule has 0 bridgehead atoms. The van der Waals surface area contributed by atoms with Crippen molar-refractivity contribution in [2.24, 2.45) is 10.4 Å². The molecule has 0 unspecified atom stereocenters. The van der Waals surface area contributed by atoms with Gasteiger partial charge in [0, 0.05) is 12.6 Å². The van der Waals surface area contributed by atoms with E-state index in [0.717, 1.165) is 17.7 Å². The lowest BCUT2D eigenvalue weighted by Gasteiger charge is -2.42. The molecule has 2 aromatic carbocycles. The monoisotopic (exact) mass is 375 g/mol. The van der Waals surface area contributed by atoms with Gasteiger partial charge in [-0.1, -0.05) is 71.5 Å². The van der Waals surface area contributed by atoms with E-state index in [0.29, 0.717) is 0 Å². The Hall–Kier alpha value is -2.15. The van der Waals surface area contributed by atoms with Crippen molar-refractivity contribution >= 4 is 17.5 Å². The number of hydrogen-bond acceptors (Lipinski definition) is 1. The fourth-order valence-electron chi connectivity index (χ4n) is 3.66. The predicted octanol–water partition coefficient (Wildman–Crippen LogP) is 8.05. The van der Waals surface area contributed by atoms with E-state index >= 15 is 0 Å². The Labute approximate surface area is 172 Å². The average molecular weight is 376 g/mol. The summed E-state index contributed by atoms with van der Waals surface area (Å²) in [6, 6.07) is 10.9. The molecule has 0 aromatic heterocycles. The Morgan fingerprint density at radius 2 is 1.50 bits per heavy atom. The Kier molecular flexibility index (Phi) is 6.38. The molecule has 1 nitrogen and oxygen atoms in total. The van der Waals surface area contributed by atoms with E-state index in [2.05, 4.69) is 99.2 Å². The number of allylic oxidation sites excluding steroid dienone is 1. The quantitative estimate of drug-likeness (QED) is 0.469. The molecule has 0 aliphatic rings. The van der Waals surface area contributed by atoms with Crippen molar-refractivity contribution in [3.63, 3.8) is 0 Å². The van der Waals surface area contributed by atoms with Crippen LogP contribution in [0.3, 0.4) is 0 Å². The van der Waals surface area contributed by atoms with Crippen LogP contribution < -0.4 is 0 Å². The number of aryl methyl sites for hydroxylation is 3. The molecule has 0 N–H and O–H groups in total. The van der Waals surface area contributed by atoms with Crippen LogP contribution in [0, 0.1) is 33.1 Å². The molecule has 1 heteroatoms. The Morgan fingerprint density at radius 1 is 0.893 bits per heavy atom. The highest BCUT2D eigenvalue weighted by Crippen LogP contribution is 2.45. The van der Waals surface area contributed by atoms with Crippen LogP contribution in [0.5, 0.6) is 0 Å². The van der Waals surface area contributed by atoms with E-state index in [9.17, 15) is 0 Å². The summed E-state index contributed by atoms with van der Waals surface area (Å²) < 4.78 is 0. The fraction of sp³-hybridized carbons (Fsp3) is 0.444. The smallest absolute Gasteiger partial charge is 0.0686 e. The summed E-state index contributed by atoms with van der Waals surface area (Å²) in [7, 11) is 0. The number of nitrogens with zero attached hydrogens (tertiary/aromatic N) is 1. The normalized spacial score (nSPS) is 12.6. The zero-order valence-corrected chi connectivity index (χ0v) is 19.3. The van der Waals surface area contributed by atoms with Crippen LogP contribution in [0.2, 0.25) is 0 Å². The van der Waals surface area contributed by atoms with Gasteiger partial charge in [0.05, 0.1) is 5.69 Å². The van der Waals surface area contributed by atoms with Gasteiger partial charge in [-0.25, -0.2) is 0 Å². The highest BCUT2D eigenvalue weighted by molar-refractivity contribution is 5.82. The second kappa shape index (κ2) is 8.07. The Bertz CT molecular complexity index is 905. The van der Waals surface area contributed by atoms with Crippen LogP contribution in [0.1, 0.15) is 74.4 Å². The minimum Gasteiger partial charge on any atom is -0.260 e. The molecule has 0 fully saturated rings. The lowest BCUT2D eigenvalue weighted by atomic mass is 9.63. The number of rotatable bonds is 5. The summed E-state index contributed by atoms with van der Waals surface area (Å²) in [6.07, 6.45) is 2.77. The first-order valence-electron chi connectivity index (χ1n) is 10.3. The lowest BCUT2D eigenvalue weighted by molar-refractivity contribution is 0.224. The van der Waals surface area contributed by atoms with Gasteiger partial charge in [0.1, 0.15) is 0 Å². The summed E-state index contributed by atoms with van der Waals surface area (Å²) in [5.41, 5.74) is 10.2. The van der Waals surface area contributed by atoms with Crippen molar-refractivity contribution in [2.75, 3.05) is 0 Å². The van der Waals surface area contributed by atoms with Gasteiger partial charge in [-0.15, -0.1) is 0 Å². The topological polar surface area (TPSA) is 12.4 Å². The third kappa shape index (κ3) is 4.29. The van der Waals surface area contributed by atoms with Crippen LogP contribution in [-0.2, 0) is 5.41 Å². The lowest BCUT2D eigenvalue weighted by Crippen LogP contribution is -2.35. The molecule has 0 spiro atoms. The molecule has 150 valence electrons. The van der Waals surface area contributed by atoms with E-state index in [4.69, 9.17) is 4.99 Å². The van der Waals surface area contributed by atoms with Crippen molar-refractivity contribution in [2.45, 2.75) is 74.1 Å². The van der Waals surface area contributed by atoms with Gasteiger partial charge in [0.2, 0.25) is 0 Å². The van der Waals surface area contributed by atoms with Crippen molar-refractivity contribution in [3.8, 4) is 0 Å². The van der Waals surface area contributed by atoms with Crippen LogP contribution in [-0.4, -0.2) is 6.21 Å². The van der Waals surface area contributed by atoms with Gasteiger partial charge in [-0.2, -0.15) is 0 Å². The summed E-state index contributed by atoms with van der Waals surface area (Å²) in [6.45, 7) is 24.7. The van der Waals surface area contributed by atoms with Crippen LogP contribution >= 0.6 is 0 Å².